The molecule has 0 aromatic carbocycles. The van der Waals surface area contributed by atoms with Crippen molar-refractivity contribution in [1.29, 1.82) is 0 Å². The minimum absolute atomic E-state index is 0.210. The predicted molar refractivity (Wildman–Crippen MR) is 70.8 cm³/mol. The van der Waals surface area contributed by atoms with Crippen LogP contribution >= 0.6 is 0 Å². The number of hydrogen-bond donors (Lipinski definition) is 2. The van der Waals surface area contributed by atoms with Gasteiger partial charge in [0.1, 0.15) is 5.76 Å². The zero-order chi connectivity index (χ0) is 14.5. The molecule has 1 heterocycles. The van der Waals surface area contributed by atoms with Gasteiger partial charge < -0.3 is 14.8 Å². The monoisotopic (exact) mass is 280 g/mol. The minimum atomic E-state index is -0.880. The lowest BCUT2D eigenvalue weighted by Gasteiger charge is -2.27. The topological polar surface area (TPSA) is 92.4 Å². The summed E-state index contributed by atoms with van der Waals surface area (Å²) in [5.41, 5.74) is 0. The third-order valence-corrected chi connectivity index (χ3v) is 3.78. The number of carboxylic acids is 1. The number of carbonyl (C=O) groups excluding carboxylic acids is 1. The molecule has 1 aromatic heterocycles. The molecule has 0 radical (unpaired) electrons. The van der Waals surface area contributed by atoms with Crippen molar-refractivity contribution in [3.05, 3.63) is 17.8 Å². The predicted octanol–water partition coefficient (Wildman–Crippen LogP) is 1.74. The van der Waals surface area contributed by atoms with E-state index in [9.17, 15) is 9.59 Å². The number of aliphatic carboxylic acids is 1. The highest BCUT2D eigenvalue weighted by Crippen LogP contribution is 2.30. The molecule has 1 aliphatic rings. The molecule has 2 unspecified atom stereocenters. The van der Waals surface area contributed by atoms with Gasteiger partial charge in [0.15, 0.2) is 0 Å². The summed E-state index contributed by atoms with van der Waals surface area (Å²) >= 11 is 0. The molecule has 110 valence electrons. The summed E-state index contributed by atoms with van der Waals surface area (Å²) in [6.45, 7) is 2.17. The fourth-order valence-corrected chi connectivity index (χ4v) is 2.63. The van der Waals surface area contributed by atoms with Gasteiger partial charge in [0.2, 0.25) is 11.8 Å². The van der Waals surface area contributed by atoms with Crippen LogP contribution in [0.2, 0.25) is 0 Å². The maximum atomic E-state index is 12.1. The number of rotatable bonds is 5. The summed E-state index contributed by atoms with van der Waals surface area (Å²) in [6.07, 6.45) is 5.38. The molecule has 0 saturated heterocycles. The van der Waals surface area contributed by atoms with Crippen molar-refractivity contribution in [2.45, 2.75) is 45.6 Å². The number of aromatic nitrogens is 1. The number of aryl methyl sites for hydroxylation is 1. The second-order valence-electron chi connectivity index (χ2n) is 5.13. The van der Waals surface area contributed by atoms with E-state index in [-0.39, 0.29) is 12.5 Å². The van der Waals surface area contributed by atoms with E-state index in [4.69, 9.17) is 9.52 Å². The fourth-order valence-electron chi connectivity index (χ4n) is 2.63. The molecular weight excluding hydrogens is 260 g/mol. The summed E-state index contributed by atoms with van der Waals surface area (Å²) in [4.78, 5) is 27.4. The van der Waals surface area contributed by atoms with Crippen molar-refractivity contribution in [2.75, 3.05) is 0 Å². The summed E-state index contributed by atoms with van der Waals surface area (Å²) < 4.78 is 5.40. The van der Waals surface area contributed by atoms with Gasteiger partial charge in [-0.15, -0.1) is 0 Å². The van der Waals surface area contributed by atoms with Gasteiger partial charge in [-0.1, -0.05) is 19.8 Å². The molecule has 1 aliphatic carbocycles. The number of oxazole rings is 1. The molecule has 1 fully saturated rings. The van der Waals surface area contributed by atoms with E-state index in [1.165, 1.54) is 0 Å². The number of hydrogen-bond acceptors (Lipinski definition) is 4. The Kier molecular flexibility index (Phi) is 4.76. The van der Waals surface area contributed by atoms with Crippen LogP contribution in [0.25, 0.3) is 0 Å². The summed E-state index contributed by atoms with van der Waals surface area (Å²) in [6, 6.07) is 0. The van der Waals surface area contributed by atoms with Gasteiger partial charge in [-0.2, -0.15) is 0 Å². The SMILES string of the molecule is CCc1cnc(CNC(=O)C2CCCCC2C(=O)O)o1. The molecule has 0 aliphatic heterocycles. The van der Waals surface area contributed by atoms with Gasteiger partial charge in [0.25, 0.3) is 0 Å². The molecule has 6 heteroatoms. The Labute approximate surface area is 117 Å². The third-order valence-electron chi connectivity index (χ3n) is 3.78. The van der Waals surface area contributed by atoms with E-state index in [0.717, 1.165) is 25.0 Å². The van der Waals surface area contributed by atoms with Crippen molar-refractivity contribution >= 4 is 11.9 Å². The van der Waals surface area contributed by atoms with Crippen molar-refractivity contribution in [3.63, 3.8) is 0 Å². The lowest BCUT2D eigenvalue weighted by atomic mass is 9.79. The maximum Gasteiger partial charge on any atom is 0.307 e. The van der Waals surface area contributed by atoms with Gasteiger partial charge >= 0.3 is 5.97 Å². The molecule has 2 rings (SSSR count). The Bertz CT molecular complexity index is 483. The average molecular weight is 280 g/mol. The van der Waals surface area contributed by atoms with Crippen molar-refractivity contribution in [3.8, 4) is 0 Å². The van der Waals surface area contributed by atoms with E-state index in [1.807, 2.05) is 6.92 Å². The van der Waals surface area contributed by atoms with Crippen LogP contribution in [0.5, 0.6) is 0 Å². The number of carbonyl (C=O) groups is 2. The Morgan fingerprint density at radius 2 is 2.10 bits per heavy atom. The van der Waals surface area contributed by atoms with E-state index in [2.05, 4.69) is 10.3 Å². The number of nitrogens with zero attached hydrogens (tertiary/aromatic N) is 1. The normalized spacial score (nSPS) is 22.4. The Morgan fingerprint density at radius 1 is 1.40 bits per heavy atom. The van der Waals surface area contributed by atoms with Gasteiger partial charge in [-0.05, 0) is 12.8 Å². The first-order chi connectivity index (χ1) is 9.61. The molecule has 1 amide bonds. The molecule has 1 saturated carbocycles. The van der Waals surface area contributed by atoms with Gasteiger partial charge in [-0.25, -0.2) is 4.98 Å². The molecular formula is C14H20N2O4. The highest BCUT2D eigenvalue weighted by Gasteiger charge is 2.35. The highest BCUT2D eigenvalue weighted by molar-refractivity contribution is 5.84. The third kappa shape index (κ3) is 3.37. The second kappa shape index (κ2) is 6.54. The van der Waals surface area contributed by atoms with Gasteiger partial charge in [-0.3, -0.25) is 9.59 Å². The minimum Gasteiger partial charge on any atom is -0.481 e. The highest BCUT2D eigenvalue weighted by atomic mass is 16.4. The van der Waals surface area contributed by atoms with Gasteiger partial charge in [0, 0.05) is 6.42 Å². The molecule has 1 aromatic rings. The van der Waals surface area contributed by atoms with Crippen LogP contribution in [0.3, 0.4) is 0 Å². The standard InChI is InChI=1S/C14H20N2O4/c1-2-9-7-15-12(20-9)8-16-13(17)10-5-3-4-6-11(10)14(18)19/h7,10-11H,2-6,8H2,1H3,(H,16,17)(H,18,19). The number of amides is 1. The van der Waals surface area contributed by atoms with Crippen LogP contribution in [-0.2, 0) is 22.6 Å². The smallest absolute Gasteiger partial charge is 0.307 e. The van der Waals surface area contributed by atoms with E-state index in [1.54, 1.807) is 6.20 Å². The van der Waals surface area contributed by atoms with Crippen LogP contribution < -0.4 is 5.32 Å². The zero-order valence-electron chi connectivity index (χ0n) is 11.6. The molecule has 6 nitrogen and oxygen atoms in total. The van der Waals surface area contributed by atoms with E-state index in [0.29, 0.717) is 18.7 Å². The maximum absolute atomic E-state index is 12.1. The fraction of sp³-hybridized carbons (Fsp3) is 0.643. The van der Waals surface area contributed by atoms with Gasteiger partial charge in [0.05, 0.1) is 24.6 Å². The summed E-state index contributed by atoms with van der Waals surface area (Å²) in [5.74, 6) is -0.878. The number of nitrogens with one attached hydrogen (secondary N) is 1. The van der Waals surface area contributed by atoms with Crippen LogP contribution in [0.1, 0.15) is 44.3 Å². The van der Waals surface area contributed by atoms with Crippen LogP contribution in [-0.4, -0.2) is 22.0 Å². The number of carboxylic acid groups (broad SMARTS) is 1. The summed E-state index contributed by atoms with van der Waals surface area (Å²) in [5, 5.41) is 11.9. The van der Waals surface area contributed by atoms with Crippen LogP contribution in [0.15, 0.2) is 10.6 Å². The molecule has 2 N–H and O–H groups in total. The second-order valence-corrected chi connectivity index (χ2v) is 5.13. The van der Waals surface area contributed by atoms with Crippen LogP contribution in [0, 0.1) is 11.8 Å². The molecule has 20 heavy (non-hydrogen) atoms. The Hall–Kier alpha value is -1.85. The largest absolute Gasteiger partial charge is 0.481 e. The lowest BCUT2D eigenvalue weighted by molar-refractivity contribution is -0.149. The average Bonchev–Trinajstić information content (AvgIpc) is 2.92. The van der Waals surface area contributed by atoms with E-state index < -0.39 is 17.8 Å². The zero-order valence-corrected chi connectivity index (χ0v) is 11.6. The molecule has 0 bridgehead atoms. The van der Waals surface area contributed by atoms with Crippen molar-refractivity contribution in [2.24, 2.45) is 11.8 Å². The molecule has 2 atom stereocenters. The van der Waals surface area contributed by atoms with Crippen molar-refractivity contribution in [1.82, 2.24) is 10.3 Å². The molecule has 0 spiro atoms. The van der Waals surface area contributed by atoms with Crippen molar-refractivity contribution < 1.29 is 19.1 Å². The first kappa shape index (κ1) is 14.6. The van der Waals surface area contributed by atoms with Crippen LogP contribution in [0.4, 0.5) is 0 Å². The lowest BCUT2D eigenvalue weighted by Crippen LogP contribution is -2.39. The van der Waals surface area contributed by atoms with E-state index >= 15 is 0 Å². The Balaban J connectivity index is 1.91. The Morgan fingerprint density at radius 3 is 2.70 bits per heavy atom. The quantitative estimate of drug-likeness (QED) is 0.857. The first-order valence-corrected chi connectivity index (χ1v) is 7.06. The summed E-state index contributed by atoms with van der Waals surface area (Å²) in [7, 11) is 0. The first-order valence-electron chi connectivity index (χ1n) is 7.06.